The van der Waals surface area contributed by atoms with E-state index in [0.717, 1.165) is 7.11 Å². The topological polar surface area (TPSA) is 84.9 Å². The molecule has 0 fully saturated rings. The molecule has 0 aliphatic carbocycles. The van der Waals surface area contributed by atoms with Crippen LogP contribution in [0.1, 0.15) is 40.5 Å². The van der Waals surface area contributed by atoms with Crippen molar-refractivity contribution in [3.63, 3.8) is 0 Å². The normalized spacial score (nSPS) is 17.0. The third-order valence-electron chi connectivity index (χ3n) is 2.40. The molecule has 0 saturated carbocycles. The van der Waals surface area contributed by atoms with Crippen LogP contribution in [0.3, 0.4) is 0 Å². The molecular weight excluding hydrogens is 257 g/mol. The molecule has 7 heteroatoms. The first-order chi connectivity index (χ1) is 8.12. The van der Waals surface area contributed by atoms with Crippen LogP contribution in [0.4, 0.5) is 0 Å². The van der Waals surface area contributed by atoms with Crippen LogP contribution in [0.15, 0.2) is 0 Å². The maximum Gasteiger partial charge on any atom is 0.472 e. The third kappa shape index (κ3) is 7.82. The van der Waals surface area contributed by atoms with Crippen molar-refractivity contribution in [3.8, 4) is 0 Å². The molecule has 6 nitrogen and oxygen atoms in total. The molecule has 0 rings (SSSR count). The number of phosphoric acid groups is 1. The SMILES string of the molecule is CCC(=O)NCC(C)CC(C)(C)OP(=O)(O)OC. The summed E-state index contributed by atoms with van der Waals surface area (Å²) in [6, 6.07) is 0. The van der Waals surface area contributed by atoms with Crippen molar-refractivity contribution in [2.75, 3.05) is 13.7 Å². The molecule has 18 heavy (non-hydrogen) atoms. The van der Waals surface area contributed by atoms with Gasteiger partial charge in [-0.3, -0.25) is 13.8 Å². The summed E-state index contributed by atoms with van der Waals surface area (Å²) in [5.41, 5.74) is -0.795. The van der Waals surface area contributed by atoms with E-state index in [9.17, 15) is 14.3 Å². The van der Waals surface area contributed by atoms with Gasteiger partial charge in [0.2, 0.25) is 5.91 Å². The summed E-state index contributed by atoms with van der Waals surface area (Å²) in [6.45, 7) is 7.67. The largest absolute Gasteiger partial charge is 0.472 e. The van der Waals surface area contributed by atoms with Gasteiger partial charge in [0, 0.05) is 20.1 Å². The maximum atomic E-state index is 11.3. The van der Waals surface area contributed by atoms with Crippen LogP contribution >= 0.6 is 7.82 Å². The summed E-state index contributed by atoms with van der Waals surface area (Å²) in [5.74, 6) is 0.123. The first kappa shape index (κ1) is 17.6. The first-order valence-corrected chi connectivity index (χ1v) is 7.47. The van der Waals surface area contributed by atoms with E-state index in [0.29, 0.717) is 19.4 Å². The van der Waals surface area contributed by atoms with Gasteiger partial charge in [-0.2, -0.15) is 0 Å². The van der Waals surface area contributed by atoms with Crippen molar-refractivity contribution in [3.05, 3.63) is 0 Å². The van der Waals surface area contributed by atoms with Crippen LogP contribution in [-0.2, 0) is 18.4 Å². The van der Waals surface area contributed by atoms with E-state index in [1.165, 1.54) is 0 Å². The zero-order valence-corrected chi connectivity index (χ0v) is 12.6. The summed E-state index contributed by atoms with van der Waals surface area (Å²) >= 11 is 0. The zero-order chi connectivity index (χ0) is 14.4. The average molecular weight is 281 g/mol. The molecule has 108 valence electrons. The molecule has 0 aromatic heterocycles. The summed E-state index contributed by atoms with van der Waals surface area (Å²) in [5, 5.41) is 2.77. The number of carbonyl (C=O) groups is 1. The summed E-state index contributed by atoms with van der Waals surface area (Å²) in [7, 11) is -2.86. The quantitative estimate of drug-likeness (QED) is 0.665. The fourth-order valence-electron chi connectivity index (χ4n) is 1.71. The van der Waals surface area contributed by atoms with E-state index < -0.39 is 13.4 Å². The van der Waals surface area contributed by atoms with Gasteiger partial charge in [-0.15, -0.1) is 0 Å². The van der Waals surface area contributed by atoms with Gasteiger partial charge in [0.25, 0.3) is 0 Å². The second-order valence-corrected chi connectivity index (χ2v) is 6.45. The number of phosphoric ester groups is 1. The Bertz CT molecular complexity index is 319. The Hall–Kier alpha value is -0.420. The van der Waals surface area contributed by atoms with Crippen molar-refractivity contribution in [2.45, 2.75) is 46.1 Å². The van der Waals surface area contributed by atoms with E-state index in [2.05, 4.69) is 9.84 Å². The number of hydrogen-bond donors (Lipinski definition) is 2. The Morgan fingerprint density at radius 1 is 1.50 bits per heavy atom. The van der Waals surface area contributed by atoms with Crippen molar-refractivity contribution in [2.24, 2.45) is 5.92 Å². The van der Waals surface area contributed by atoms with Crippen molar-refractivity contribution in [1.29, 1.82) is 0 Å². The van der Waals surface area contributed by atoms with E-state index in [-0.39, 0.29) is 11.8 Å². The van der Waals surface area contributed by atoms with Gasteiger partial charge >= 0.3 is 7.82 Å². The highest BCUT2D eigenvalue weighted by Crippen LogP contribution is 2.47. The molecule has 0 heterocycles. The lowest BCUT2D eigenvalue weighted by atomic mass is 9.95. The molecule has 2 unspecified atom stereocenters. The monoisotopic (exact) mass is 281 g/mol. The minimum absolute atomic E-state index is 0.00899. The van der Waals surface area contributed by atoms with Crippen LogP contribution in [0.2, 0.25) is 0 Å². The zero-order valence-electron chi connectivity index (χ0n) is 11.7. The third-order valence-corrected chi connectivity index (χ3v) is 3.59. The second-order valence-electron chi connectivity index (χ2n) is 4.97. The van der Waals surface area contributed by atoms with Crippen LogP contribution in [0.25, 0.3) is 0 Å². The minimum atomic E-state index is -3.98. The number of carbonyl (C=O) groups excluding carboxylic acids is 1. The average Bonchev–Trinajstić information content (AvgIpc) is 2.23. The Kier molecular flexibility index (Phi) is 7.07. The van der Waals surface area contributed by atoms with Crippen LogP contribution < -0.4 is 5.32 Å². The van der Waals surface area contributed by atoms with Crippen molar-refractivity contribution in [1.82, 2.24) is 5.32 Å². The van der Waals surface area contributed by atoms with Gasteiger partial charge in [-0.25, -0.2) is 4.57 Å². The van der Waals surface area contributed by atoms with E-state index in [1.54, 1.807) is 20.8 Å². The lowest BCUT2D eigenvalue weighted by Crippen LogP contribution is -2.33. The Morgan fingerprint density at radius 3 is 2.50 bits per heavy atom. The number of nitrogens with one attached hydrogen (secondary N) is 1. The molecule has 2 N–H and O–H groups in total. The lowest BCUT2D eigenvalue weighted by Gasteiger charge is -2.29. The Labute approximate surface area is 109 Å². The van der Waals surface area contributed by atoms with Crippen molar-refractivity contribution < 1.29 is 23.3 Å². The molecule has 0 saturated heterocycles. The summed E-state index contributed by atoms with van der Waals surface area (Å²) in [6.07, 6.45) is 0.979. The predicted octanol–water partition coefficient (Wildman–Crippen LogP) is 2.08. The summed E-state index contributed by atoms with van der Waals surface area (Å²) < 4.78 is 20.8. The van der Waals surface area contributed by atoms with Crippen molar-refractivity contribution >= 4 is 13.7 Å². The van der Waals surface area contributed by atoms with Crippen LogP contribution in [-0.4, -0.2) is 30.1 Å². The van der Waals surface area contributed by atoms with Gasteiger partial charge < -0.3 is 10.2 Å². The molecule has 0 aliphatic heterocycles. The Morgan fingerprint density at radius 2 is 2.06 bits per heavy atom. The minimum Gasteiger partial charge on any atom is -0.356 e. The van der Waals surface area contributed by atoms with E-state index in [1.807, 2.05) is 6.92 Å². The summed E-state index contributed by atoms with van der Waals surface area (Å²) in [4.78, 5) is 20.4. The van der Waals surface area contributed by atoms with Gasteiger partial charge in [-0.05, 0) is 26.2 Å². The van der Waals surface area contributed by atoms with Crippen LogP contribution in [0.5, 0.6) is 0 Å². The van der Waals surface area contributed by atoms with Gasteiger partial charge in [-0.1, -0.05) is 13.8 Å². The molecule has 0 spiro atoms. The van der Waals surface area contributed by atoms with E-state index >= 15 is 0 Å². The molecule has 1 amide bonds. The standard InChI is InChI=1S/C11H24NO5P/c1-6-10(13)12-8-9(2)7-11(3,4)17-18(14,15)16-5/h9H,6-8H2,1-5H3,(H,12,13)(H,14,15). The molecule has 2 atom stereocenters. The highest BCUT2D eigenvalue weighted by molar-refractivity contribution is 7.47. The highest BCUT2D eigenvalue weighted by Gasteiger charge is 2.32. The van der Waals surface area contributed by atoms with Gasteiger partial charge in [0.05, 0.1) is 5.60 Å². The molecular formula is C11H24NO5P. The lowest BCUT2D eigenvalue weighted by molar-refractivity contribution is -0.121. The Balaban J connectivity index is 4.23. The fourth-order valence-corrected chi connectivity index (χ4v) is 2.48. The van der Waals surface area contributed by atoms with Gasteiger partial charge in [0.1, 0.15) is 0 Å². The molecule has 0 radical (unpaired) electrons. The fraction of sp³-hybridized carbons (Fsp3) is 0.909. The van der Waals surface area contributed by atoms with Crippen LogP contribution in [0, 0.1) is 5.92 Å². The van der Waals surface area contributed by atoms with E-state index in [4.69, 9.17) is 4.52 Å². The maximum absolute atomic E-state index is 11.3. The highest BCUT2D eigenvalue weighted by atomic mass is 31.2. The first-order valence-electron chi connectivity index (χ1n) is 5.98. The number of hydrogen-bond acceptors (Lipinski definition) is 4. The molecule has 0 aromatic rings. The van der Waals surface area contributed by atoms with Gasteiger partial charge in [0.15, 0.2) is 0 Å². The second kappa shape index (κ2) is 7.24. The molecule has 0 aliphatic rings. The molecule has 0 bridgehead atoms. The molecule has 0 aromatic carbocycles. The number of rotatable bonds is 8. The smallest absolute Gasteiger partial charge is 0.356 e. The predicted molar refractivity (Wildman–Crippen MR) is 69.1 cm³/mol. The number of amides is 1.